The van der Waals surface area contributed by atoms with Crippen molar-refractivity contribution in [3.63, 3.8) is 0 Å². The summed E-state index contributed by atoms with van der Waals surface area (Å²) in [6, 6.07) is 6.42. The van der Waals surface area contributed by atoms with Crippen LogP contribution >= 0.6 is 0 Å². The number of fused-ring (bicyclic) bond motifs is 1. The molecule has 2 fully saturated rings. The SMILES string of the molecule is O=C(CCn1nnc2ccccc2c1=O)OCC(=O)N(C1CCCCC1)C1CCS(=O)(=O)C1. The second-order valence-corrected chi connectivity index (χ2v) is 10.9. The number of sulfone groups is 1. The number of nitrogens with zero attached hydrogens (tertiary/aromatic N) is 4. The number of aryl methyl sites for hydroxylation is 1. The van der Waals surface area contributed by atoms with Gasteiger partial charge in [-0.05, 0) is 31.4 Å². The van der Waals surface area contributed by atoms with E-state index in [1.165, 1.54) is 0 Å². The number of ether oxygens (including phenoxy) is 1. The Morgan fingerprint density at radius 2 is 1.85 bits per heavy atom. The molecule has 1 amide bonds. The summed E-state index contributed by atoms with van der Waals surface area (Å²) in [5.41, 5.74) is 0.124. The van der Waals surface area contributed by atoms with Gasteiger partial charge in [-0.2, -0.15) is 0 Å². The number of aromatic nitrogens is 3. The minimum Gasteiger partial charge on any atom is -0.456 e. The molecule has 2 aliphatic rings. The van der Waals surface area contributed by atoms with E-state index in [0.29, 0.717) is 17.3 Å². The smallest absolute Gasteiger partial charge is 0.308 e. The number of rotatable bonds is 7. The lowest BCUT2D eigenvalue weighted by atomic mass is 9.93. The van der Waals surface area contributed by atoms with E-state index < -0.39 is 22.4 Å². The molecule has 2 aromatic rings. The zero-order chi connectivity index (χ0) is 23.4. The number of hydrogen-bond donors (Lipinski definition) is 0. The lowest BCUT2D eigenvalue weighted by Gasteiger charge is -2.38. The van der Waals surface area contributed by atoms with Crippen molar-refractivity contribution in [2.75, 3.05) is 18.1 Å². The van der Waals surface area contributed by atoms with Crippen molar-refractivity contribution in [3.8, 4) is 0 Å². The zero-order valence-corrected chi connectivity index (χ0v) is 19.2. The van der Waals surface area contributed by atoms with Crippen LogP contribution in [0.5, 0.6) is 0 Å². The Labute approximate surface area is 191 Å². The van der Waals surface area contributed by atoms with Crippen molar-refractivity contribution in [3.05, 3.63) is 34.6 Å². The van der Waals surface area contributed by atoms with Gasteiger partial charge in [-0.1, -0.05) is 36.6 Å². The molecule has 0 spiro atoms. The number of carbonyl (C=O) groups is 2. The summed E-state index contributed by atoms with van der Waals surface area (Å²) in [5.74, 6) is -0.949. The van der Waals surface area contributed by atoms with E-state index in [-0.39, 0.29) is 48.0 Å². The highest BCUT2D eigenvalue weighted by molar-refractivity contribution is 7.91. The van der Waals surface area contributed by atoms with Crippen LogP contribution < -0.4 is 5.56 Å². The summed E-state index contributed by atoms with van der Waals surface area (Å²) in [5, 5.41) is 8.23. The molecule has 11 heteroatoms. The molecule has 1 aliphatic carbocycles. The largest absolute Gasteiger partial charge is 0.456 e. The first-order valence-corrected chi connectivity index (χ1v) is 13.2. The summed E-state index contributed by atoms with van der Waals surface area (Å²) in [6.45, 7) is -0.457. The number of esters is 1. The second kappa shape index (κ2) is 9.98. The van der Waals surface area contributed by atoms with Crippen LogP contribution in [0.3, 0.4) is 0 Å². The van der Waals surface area contributed by atoms with Gasteiger partial charge in [0.1, 0.15) is 5.52 Å². The second-order valence-electron chi connectivity index (χ2n) is 8.70. The molecule has 1 aliphatic heterocycles. The fourth-order valence-corrected chi connectivity index (χ4v) is 6.43. The Morgan fingerprint density at radius 1 is 1.09 bits per heavy atom. The minimum atomic E-state index is -3.15. The molecule has 4 rings (SSSR count). The Hall–Kier alpha value is -2.82. The maximum absolute atomic E-state index is 13.0. The predicted molar refractivity (Wildman–Crippen MR) is 120 cm³/mol. The molecule has 1 saturated carbocycles. The van der Waals surface area contributed by atoms with Crippen molar-refractivity contribution in [2.24, 2.45) is 0 Å². The third-order valence-corrected chi connectivity index (χ3v) is 8.12. The van der Waals surface area contributed by atoms with Crippen molar-refractivity contribution >= 4 is 32.6 Å². The number of benzene rings is 1. The van der Waals surface area contributed by atoms with Crippen LogP contribution in [-0.4, -0.2) is 70.4 Å². The van der Waals surface area contributed by atoms with E-state index in [1.807, 2.05) is 0 Å². The number of amides is 1. The van der Waals surface area contributed by atoms with Gasteiger partial charge in [0, 0.05) is 12.1 Å². The van der Waals surface area contributed by atoms with Gasteiger partial charge in [0.2, 0.25) is 0 Å². The normalized spacial score (nSPS) is 20.5. The summed E-state index contributed by atoms with van der Waals surface area (Å²) in [6.07, 6.45) is 5.04. The van der Waals surface area contributed by atoms with Gasteiger partial charge in [-0.3, -0.25) is 14.4 Å². The van der Waals surface area contributed by atoms with Crippen LogP contribution in [0, 0.1) is 0 Å². The van der Waals surface area contributed by atoms with Crippen LogP contribution in [-0.2, 0) is 30.7 Å². The van der Waals surface area contributed by atoms with Crippen molar-refractivity contribution < 1.29 is 22.7 Å². The third kappa shape index (κ3) is 5.58. The molecule has 0 N–H and O–H groups in total. The quantitative estimate of drug-likeness (QED) is 0.543. The van der Waals surface area contributed by atoms with Gasteiger partial charge in [0.05, 0.1) is 29.9 Å². The first-order valence-electron chi connectivity index (χ1n) is 11.3. The lowest BCUT2D eigenvalue weighted by Crippen LogP contribution is -2.50. The van der Waals surface area contributed by atoms with Gasteiger partial charge in [0.25, 0.3) is 11.5 Å². The molecular weight excluding hydrogens is 448 g/mol. The number of carbonyl (C=O) groups excluding carboxylic acids is 2. The van der Waals surface area contributed by atoms with E-state index in [0.717, 1.165) is 36.8 Å². The van der Waals surface area contributed by atoms with E-state index >= 15 is 0 Å². The Bertz CT molecular complexity index is 1190. The fourth-order valence-electron chi connectivity index (χ4n) is 4.72. The maximum atomic E-state index is 13.0. The predicted octanol–water partition coefficient (Wildman–Crippen LogP) is 1.07. The molecule has 178 valence electrons. The van der Waals surface area contributed by atoms with Crippen LogP contribution in [0.4, 0.5) is 0 Å². The third-order valence-electron chi connectivity index (χ3n) is 6.37. The van der Waals surface area contributed by atoms with Gasteiger partial charge in [-0.15, -0.1) is 5.10 Å². The van der Waals surface area contributed by atoms with Gasteiger partial charge in [-0.25, -0.2) is 13.1 Å². The van der Waals surface area contributed by atoms with Crippen molar-refractivity contribution in [1.82, 2.24) is 19.9 Å². The van der Waals surface area contributed by atoms with E-state index in [4.69, 9.17) is 4.74 Å². The molecule has 10 nitrogen and oxygen atoms in total. The summed E-state index contributed by atoms with van der Waals surface area (Å²) in [7, 11) is -3.15. The van der Waals surface area contributed by atoms with Crippen molar-refractivity contribution in [1.29, 1.82) is 0 Å². The van der Waals surface area contributed by atoms with Gasteiger partial charge in [0.15, 0.2) is 16.4 Å². The van der Waals surface area contributed by atoms with Gasteiger partial charge < -0.3 is 9.64 Å². The molecule has 2 heterocycles. The molecule has 1 saturated heterocycles. The first kappa shape index (κ1) is 23.3. The first-order chi connectivity index (χ1) is 15.8. The van der Waals surface area contributed by atoms with E-state index in [1.54, 1.807) is 29.2 Å². The van der Waals surface area contributed by atoms with Crippen LogP contribution in [0.15, 0.2) is 29.1 Å². The fraction of sp³-hybridized carbons (Fsp3) is 0.591. The van der Waals surface area contributed by atoms with Crippen LogP contribution in [0.1, 0.15) is 44.9 Å². The molecule has 0 radical (unpaired) electrons. The molecule has 0 bridgehead atoms. The molecule has 1 aromatic heterocycles. The van der Waals surface area contributed by atoms with Gasteiger partial charge >= 0.3 is 5.97 Å². The zero-order valence-electron chi connectivity index (χ0n) is 18.4. The lowest BCUT2D eigenvalue weighted by molar-refractivity contribution is -0.154. The Morgan fingerprint density at radius 3 is 2.58 bits per heavy atom. The average Bonchev–Trinajstić information content (AvgIpc) is 3.17. The minimum absolute atomic E-state index is 0.0170. The molecule has 1 aromatic carbocycles. The monoisotopic (exact) mass is 476 g/mol. The maximum Gasteiger partial charge on any atom is 0.308 e. The Kier molecular flexibility index (Phi) is 7.06. The summed E-state index contributed by atoms with van der Waals surface area (Å²) < 4.78 is 30.3. The van der Waals surface area contributed by atoms with E-state index in [9.17, 15) is 22.8 Å². The van der Waals surface area contributed by atoms with E-state index in [2.05, 4.69) is 10.3 Å². The Balaban J connectivity index is 1.35. The number of hydrogen-bond acceptors (Lipinski definition) is 8. The van der Waals surface area contributed by atoms with Crippen molar-refractivity contribution in [2.45, 2.75) is 63.6 Å². The van der Waals surface area contributed by atoms with Crippen LogP contribution in [0.2, 0.25) is 0 Å². The highest BCUT2D eigenvalue weighted by Gasteiger charge is 2.38. The summed E-state index contributed by atoms with van der Waals surface area (Å²) in [4.78, 5) is 39.4. The van der Waals surface area contributed by atoms with Crippen LogP contribution in [0.25, 0.3) is 10.9 Å². The standard InChI is InChI=1S/C22H28N4O6S/c27-20(26(16-6-2-1-3-7-16)17-11-13-33(30,31)15-17)14-32-21(28)10-12-25-22(29)18-8-4-5-9-19(18)23-24-25/h4-5,8-9,16-17H,1-3,6-7,10-15H2. The summed E-state index contributed by atoms with van der Waals surface area (Å²) >= 11 is 0. The topological polar surface area (TPSA) is 129 Å². The molecule has 33 heavy (non-hydrogen) atoms. The highest BCUT2D eigenvalue weighted by Crippen LogP contribution is 2.28. The average molecular weight is 477 g/mol. The molecular formula is C22H28N4O6S. The molecule has 1 unspecified atom stereocenters. The molecule has 1 atom stereocenters. The highest BCUT2D eigenvalue weighted by atomic mass is 32.2.